The van der Waals surface area contributed by atoms with E-state index in [1.165, 1.54) is 150 Å². The Hall–Kier alpha value is -4.19. The van der Waals surface area contributed by atoms with E-state index in [1.807, 2.05) is 22.7 Å². The largest absolute Gasteiger partial charge is 0.494 e. The predicted molar refractivity (Wildman–Crippen MR) is 269 cm³/mol. The van der Waals surface area contributed by atoms with Crippen LogP contribution in [0.4, 0.5) is 0 Å². The fourth-order valence-electron chi connectivity index (χ4n) is 9.30. The Kier molecular flexibility index (Phi) is 18.8. The minimum absolute atomic E-state index is 0.100. The van der Waals surface area contributed by atoms with Crippen LogP contribution in [0.5, 0.6) is 5.75 Å². The summed E-state index contributed by atoms with van der Waals surface area (Å²) in [4.78, 5) is 17.2. The lowest BCUT2D eigenvalue weighted by molar-refractivity contribution is -0.145. The Morgan fingerprint density at radius 1 is 0.581 bits per heavy atom. The van der Waals surface area contributed by atoms with Gasteiger partial charge in [0.05, 0.1) is 6.61 Å². The third-order valence-corrected chi connectivity index (χ3v) is 15.3. The van der Waals surface area contributed by atoms with E-state index in [2.05, 4.69) is 119 Å². The molecule has 0 amide bonds. The SMILES string of the molecule is C=CC(C=C)OC(=O)CCCCCCCCCCCOc1ccc(-c2ccc(-c3ccc(-c4ccc5c(c4)C(CCCCCC)(CCCCCC)c4cc(C)ccc4-5)s3)s2)cc1. The molecule has 1 aliphatic rings. The van der Waals surface area contributed by atoms with E-state index >= 15 is 0 Å². The first kappa shape index (κ1) is 47.3. The van der Waals surface area contributed by atoms with Gasteiger partial charge >= 0.3 is 5.97 Å². The molecule has 0 radical (unpaired) electrons. The highest BCUT2D eigenvalue weighted by atomic mass is 32.1. The molecule has 0 aliphatic heterocycles. The van der Waals surface area contributed by atoms with E-state index in [0.717, 1.165) is 31.6 Å². The van der Waals surface area contributed by atoms with E-state index in [9.17, 15) is 4.79 Å². The zero-order valence-electron chi connectivity index (χ0n) is 38.1. The maximum atomic E-state index is 11.9. The monoisotopic (exact) mass is 868 g/mol. The van der Waals surface area contributed by atoms with E-state index in [1.54, 1.807) is 23.3 Å². The van der Waals surface area contributed by atoms with Gasteiger partial charge in [0.15, 0.2) is 0 Å². The van der Waals surface area contributed by atoms with Crippen LogP contribution in [0.1, 0.15) is 159 Å². The molecule has 0 bridgehead atoms. The Morgan fingerprint density at radius 2 is 1.08 bits per heavy atom. The van der Waals surface area contributed by atoms with Crippen molar-refractivity contribution >= 4 is 28.6 Å². The number of benzene rings is 3. The number of carbonyl (C=O) groups excluding carboxylic acids is 1. The summed E-state index contributed by atoms with van der Waals surface area (Å²) in [5.74, 6) is 0.781. The molecule has 6 rings (SSSR count). The van der Waals surface area contributed by atoms with Gasteiger partial charge in [-0.05, 0) is 133 Å². The number of carbonyl (C=O) groups is 1. The highest BCUT2D eigenvalue weighted by molar-refractivity contribution is 7.25. The summed E-state index contributed by atoms with van der Waals surface area (Å²) in [6.07, 6.45) is 26.6. The van der Waals surface area contributed by atoms with Crippen molar-refractivity contribution in [3.8, 4) is 47.5 Å². The summed E-state index contributed by atoms with van der Waals surface area (Å²) in [6.45, 7) is 15.0. The minimum atomic E-state index is -0.380. The molecule has 0 N–H and O–H groups in total. The number of fused-ring (bicyclic) bond motifs is 3. The van der Waals surface area contributed by atoms with Gasteiger partial charge in [-0.15, -0.1) is 22.7 Å². The number of hydrogen-bond acceptors (Lipinski definition) is 5. The average molecular weight is 869 g/mol. The zero-order valence-corrected chi connectivity index (χ0v) is 39.8. The molecule has 5 aromatic rings. The second-order valence-corrected chi connectivity index (χ2v) is 19.7. The van der Waals surface area contributed by atoms with Crippen molar-refractivity contribution in [3.63, 3.8) is 0 Å². The van der Waals surface area contributed by atoms with Crippen molar-refractivity contribution in [2.75, 3.05) is 6.61 Å². The third kappa shape index (κ3) is 12.7. The first-order valence-corrected chi connectivity index (χ1v) is 25.7. The van der Waals surface area contributed by atoms with Gasteiger partial charge < -0.3 is 9.47 Å². The third-order valence-electron chi connectivity index (χ3n) is 12.8. The molecule has 0 unspecified atom stereocenters. The number of unbranched alkanes of at least 4 members (excludes halogenated alkanes) is 14. The quantitative estimate of drug-likeness (QED) is 0.0273. The van der Waals surface area contributed by atoms with Crippen LogP contribution in [-0.2, 0) is 14.9 Å². The van der Waals surface area contributed by atoms with Crippen molar-refractivity contribution in [3.05, 3.63) is 127 Å². The first-order chi connectivity index (χ1) is 30.4. The topological polar surface area (TPSA) is 35.5 Å². The van der Waals surface area contributed by atoms with E-state index in [-0.39, 0.29) is 17.5 Å². The smallest absolute Gasteiger partial charge is 0.306 e. The van der Waals surface area contributed by atoms with Gasteiger partial charge in [0.2, 0.25) is 0 Å². The van der Waals surface area contributed by atoms with Gasteiger partial charge in [-0.2, -0.15) is 0 Å². The summed E-state index contributed by atoms with van der Waals surface area (Å²) in [5, 5.41) is 0. The molecule has 0 atom stereocenters. The molecular formula is C57H72O3S2. The van der Waals surface area contributed by atoms with Crippen LogP contribution in [-0.4, -0.2) is 18.7 Å². The highest BCUT2D eigenvalue weighted by Crippen LogP contribution is 2.55. The van der Waals surface area contributed by atoms with Crippen molar-refractivity contribution in [2.24, 2.45) is 0 Å². The molecular weight excluding hydrogens is 797 g/mol. The number of thiophene rings is 2. The molecule has 2 heterocycles. The second-order valence-electron chi connectivity index (χ2n) is 17.6. The van der Waals surface area contributed by atoms with Crippen molar-refractivity contribution < 1.29 is 14.3 Å². The summed E-state index contributed by atoms with van der Waals surface area (Å²) < 4.78 is 11.4. The zero-order chi connectivity index (χ0) is 43.6. The van der Waals surface area contributed by atoms with Crippen LogP contribution < -0.4 is 4.74 Å². The Labute approximate surface area is 382 Å². The summed E-state index contributed by atoms with van der Waals surface area (Å²) in [7, 11) is 0. The van der Waals surface area contributed by atoms with Gasteiger partial charge in [0.25, 0.3) is 0 Å². The molecule has 2 aromatic heterocycles. The van der Waals surface area contributed by atoms with Gasteiger partial charge in [-0.3, -0.25) is 4.79 Å². The average Bonchev–Trinajstić information content (AvgIpc) is 4.04. The maximum Gasteiger partial charge on any atom is 0.306 e. The maximum absolute atomic E-state index is 11.9. The summed E-state index contributed by atoms with van der Waals surface area (Å²) in [6, 6.07) is 32.5. The highest BCUT2D eigenvalue weighted by Gasteiger charge is 2.42. The Bertz CT molecular complexity index is 2130. The molecule has 1 aliphatic carbocycles. The van der Waals surface area contributed by atoms with E-state index in [4.69, 9.17) is 9.47 Å². The molecule has 62 heavy (non-hydrogen) atoms. The normalized spacial score (nSPS) is 12.6. The molecule has 330 valence electrons. The second kappa shape index (κ2) is 24.6. The van der Waals surface area contributed by atoms with E-state index < -0.39 is 0 Å². The van der Waals surface area contributed by atoms with Crippen LogP contribution in [0, 0.1) is 6.92 Å². The van der Waals surface area contributed by atoms with E-state index in [0.29, 0.717) is 6.42 Å². The van der Waals surface area contributed by atoms with Gasteiger partial charge in [0, 0.05) is 31.3 Å². The lowest BCUT2D eigenvalue weighted by atomic mass is 9.70. The molecule has 3 aromatic carbocycles. The standard InChI is InChI=1S/C57H72O3S2/c1-6-10-12-22-38-57(39-23-13-11-7-2)50-41-43(5)26-32-48(50)49-33-29-45(42-51(49)57)53-35-37-55(62-53)54-36-34-52(61-54)44-27-30-47(31-28-44)59-40-24-20-18-16-14-15-17-19-21-25-56(58)60-46(8-3)9-4/h8-9,26-37,41-42,46H,3-4,6-7,10-25,38-40H2,1-2,5H3. The van der Waals surface area contributed by atoms with Crippen molar-refractivity contribution in [1.82, 2.24) is 0 Å². The van der Waals surface area contributed by atoms with Crippen LogP contribution in [0.2, 0.25) is 0 Å². The number of aryl methyl sites for hydroxylation is 1. The number of rotatable bonds is 29. The fraction of sp³-hybridized carbons (Fsp3) is 0.456. The van der Waals surface area contributed by atoms with Crippen LogP contribution in [0.25, 0.3) is 41.8 Å². The van der Waals surface area contributed by atoms with Crippen LogP contribution in [0.15, 0.2) is 110 Å². The molecule has 3 nitrogen and oxygen atoms in total. The molecule has 0 fully saturated rings. The van der Waals surface area contributed by atoms with Crippen molar-refractivity contribution in [1.29, 1.82) is 0 Å². The van der Waals surface area contributed by atoms with Crippen LogP contribution in [0.3, 0.4) is 0 Å². The molecule has 0 saturated heterocycles. The lowest BCUT2D eigenvalue weighted by Crippen LogP contribution is -2.25. The molecule has 5 heteroatoms. The molecule has 0 spiro atoms. The summed E-state index contributed by atoms with van der Waals surface area (Å²) >= 11 is 3.80. The Morgan fingerprint density at radius 3 is 1.68 bits per heavy atom. The number of esters is 1. The van der Waals surface area contributed by atoms with Gasteiger partial charge in [-0.25, -0.2) is 0 Å². The van der Waals surface area contributed by atoms with Crippen LogP contribution >= 0.6 is 22.7 Å². The predicted octanol–water partition coefficient (Wildman–Crippen LogP) is 17.9. The minimum Gasteiger partial charge on any atom is -0.494 e. The number of ether oxygens (including phenoxy) is 2. The summed E-state index contributed by atoms with van der Waals surface area (Å²) in [5.41, 5.74) is 10.2. The first-order valence-electron chi connectivity index (χ1n) is 24.0. The fourth-order valence-corrected chi connectivity index (χ4v) is 11.4. The lowest BCUT2D eigenvalue weighted by Gasteiger charge is -2.33. The molecule has 0 saturated carbocycles. The number of hydrogen-bond donors (Lipinski definition) is 0. The van der Waals surface area contributed by atoms with Gasteiger partial charge in [0.1, 0.15) is 11.9 Å². The Balaban J connectivity index is 0.988. The van der Waals surface area contributed by atoms with Crippen molar-refractivity contribution in [2.45, 2.75) is 161 Å². The van der Waals surface area contributed by atoms with Gasteiger partial charge in [-0.1, -0.05) is 159 Å².